The number of piperidine rings is 1. The highest BCUT2D eigenvalue weighted by atomic mass is 16.5. The van der Waals surface area contributed by atoms with Gasteiger partial charge in [-0.15, -0.1) is 0 Å². The van der Waals surface area contributed by atoms with Gasteiger partial charge < -0.3 is 25.2 Å². The van der Waals surface area contributed by atoms with Gasteiger partial charge in [0.2, 0.25) is 5.91 Å². The Morgan fingerprint density at radius 1 is 0.900 bits per heavy atom. The van der Waals surface area contributed by atoms with E-state index in [1.54, 1.807) is 12.3 Å². The summed E-state index contributed by atoms with van der Waals surface area (Å²) in [6.07, 6.45) is 8.27. The molecule has 2 N–H and O–H groups in total. The minimum Gasteiger partial charge on any atom is -0.493 e. The number of likely N-dealkylation sites (tertiary alicyclic amines) is 1. The predicted molar refractivity (Wildman–Crippen MR) is 154 cm³/mol. The first-order valence-corrected chi connectivity index (χ1v) is 14.8. The van der Waals surface area contributed by atoms with Gasteiger partial charge in [0.05, 0.1) is 17.6 Å². The van der Waals surface area contributed by atoms with Crippen LogP contribution in [0.3, 0.4) is 0 Å². The average molecular weight is 548 g/mol. The minimum absolute atomic E-state index is 0.00455. The topological polar surface area (TPSA) is 104 Å². The molecular formula is C31H41N5O4. The second kappa shape index (κ2) is 12.7. The van der Waals surface area contributed by atoms with Gasteiger partial charge >= 0.3 is 0 Å². The number of carbonyl (C=O) groups excluding carboxylic acids is 3. The van der Waals surface area contributed by atoms with Gasteiger partial charge in [-0.3, -0.25) is 14.4 Å². The third kappa shape index (κ3) is 6.40. The van der Waals surface area contributed by atoms with Crippen molar-refractivity contribution in [2.75, 3.05) is 50.8 Å². The number of pyridine rings is 1. The van der Waals surface area contributed by atoms with Crippen molar-refractivity contribution in [1.29, 1.82) is 0 Å². The Morgan fingerprint density at radius 2 is 1.68 bits per heavy atom. The lowest BCUT2D eigenvalue weighted by atomic mass is 9.73. The van der Waals surface area contributed by atoms with Gasteiger partial charge in [0.15, 0.2) is 0 Å². The molecule has 1 spiro atoms. The van der Waals surface area contributed by atoms with E-state index in [0.29, 0.717) is 68.9 Å². The number of aromatic nitrogens is 1. The average Bonchev–Trinajstić information content (AvgIpc) is 3.51. The van der Waals surface area contributed by atoms with Crippen molar-refractivity contribution in [1.82, 2.24) is 20.5 Å². The van der Waals surface area contributed by atoms with Crippen molar-refractivity contribution in [2.45, 2.75) is 58.3 Å². The summed E-state index contributed by atoms with van der Waals surface area (Å²) in [6.45, 7) is 6.47. The normalized spacial score (nSPS) is 20.5. The van der Waals surface area contributed by atoms with E-state index in [2.05, 4.69) is 20.5 Å². The minimum atomic E-state index is -0.513. The van der Waals surface area contributed by atoms with Crippen LogP contribution in [0.2, 0.25) is 0 Å². The van der Waals surface area contributed by atoms with Gasteiger partial charge in [0, 0.05) is 51.0 Å². The summed E-state index contributed by atoms with van der Waals surface area (Å²) in [5, 5.41) is 6.17. The molecule has 3 aliphatic rings. The highest BCUT2D eigenvalue weighted by Gasteiger charge is 2.41. The summed E-state index contributed by atoms with van der Waals surface area (Å²) >= 11 is 0. The van der Waals surface area contributed by atoms with Crippen LogP contribution < -0.4 is 20.3 Å². The number of benzene rings is 1. The van der Waals surface area contributed by atoms with Crippen LogP contribution in [0.1, 0.15) is 77.6 Å². The maximum Gasteiger partial charge on any atom is 0.255 e. The molecule has 2 saturated heterocycles. The summed E-state index contributed by atoms with van der Waals surface area (Å²) in [7, 11) is 0. The van der Waals surface area contributed by atoms with Crippen LogP contribution in [0, 0.1) is 12.3 Å². The number of hydrogen-bond donors (Lipinski definition) is 2. The Hall–Kier alpha value is -3.62. The number of fused-ring (bicyclic) bond motifs is 1. The summed E-state index contributed by atoms with van der Waals surface area (Å²) in [5.74, 6) is 1.38. The molecule has 1 aromatic heterocycles. The monoisotopic (exact) mass is 547 g/mol. The van der Waals surface area contributed by atoms with Crippen molar-refractivity contribution < 1.29 is 19.1 Å². The molecule has 0 aliphatic carbocycles. The lowest BCUT2D eigenvalue weighted by molar-refractivity contribution is -0.134. The van der Waals surface area contributed by atoms with E-state index in [9.17, 15) is 14.4 Å². The molecule has 0 bridgehead atoms. The van der Waals surface area contributed by atoms with Crippen molar-refractivity contribution in [3.8, 4) is 5.75 Å². The maximum atomic E-state index is 13.5. The van der Waals surface area contributed by atoms with E-state index in [-0.39, 0.29) is 17.7 Å². The highest BCUT2D eigenvalue weighted by molar-refractivity contribution is 5.97. The Bertz CT molecular complexity index is 1220. The molecule has 0 unspecified atom stereocenters. The van der Waals surface area contributed by atoms with E-state index in [1.807, 2.05) is 36.1 Å². The molecule has 4 heterocycles. The zero-order chi connectivity index (χ0) is 28.0. The van der Waals surface area contributed by atoms with E-state index >= 15 is 0 Å². The molecule has 0 saturated carbocycles. The third-order valence-electron chi connectivity index (χ3n) is 8.53. The van der Waals surface area contributed by atoms with E-state index in [1.165, 1.54) is 0 Å². The molecule has 2 fully saturated rings. The molecule has 3 aliphatic heterocycles. The van der Waals surface area contributed by atoms with Crippen molar-refractivity contribution >= 4 is 23.5 Å². The largest absolute Gasteiger partial charge is 0.493 e. The number of aryl methyl sites for hydroxylation is 1. The SMILES string of the molecule is Cc1ccc2c(c1)OCCCNC(=O)C1(CCCCNC2=O)CCN(C(=O)c2ccnc(N3CCCC3)c2)CC1. The molecule has 0 radical (unpaired) electrons. The van der Waals surface area contributed by atoms with Gasteiger partial charge in [-0.1, -0.05) is 12.5 Å². The second-order valence-electron chi connectivity index (χ2n) is 11.3. The van der Waals surface area contributed by atoms with Gasteiger partial charge in [-0.25, -0.2) is 4.98 Å². The number of anilines is 1. The van der Waals surface area contributed by atoms with Crippen LogP contribution in [0.25, 0.3) is 0 Å². The second-order valence-corrected chi connectivity index (χ2v) is 11.3. The lowest BCUT2D eigenvalue weighted by Crippen LogP contribution is -2.50. The van der Waals surface area contributed by atoms with E-state index in [0.717, 1.165) is 56.6 Å². The highest BCUT2D eigenvalue weighted by Crippen LogP contribution is 2.37. The first-order chi connectivity index (χ1) is 19.4. The number of rotatable bonds is 2. The van der Waals surface area contributed by atoms with Gasteiger partial charge in [0.1, 0.15) is 11.6 Å². The fourth-order valence-corrected chi connectivity index (χ4v) is 6.05. The van der Waals surface area contributed by atoms with E-state index in [4.69, 9.17) is 4.74 Å². The first-order valence-electron chi connectivity index (χ1n) is 14.8. The molecule has 9 nitrogen and oxygen atoms in total. The molecule has 0 atom stereocenters. The Morgan fingerprint density at radius 3 is 2.48 bits per heavy atom. The summed E-state index contributed by atoms with van der Waals surface area (Å²) in [5.41, 5.74) is 1.72. The molecule has 40 heavy (non-hydrogen) atoms. The quantitative estimate of drug-likeness (QED) is 0.594. The zero-order valence-electron chi connectivity index (χ0n) is 23.5. The lowest BCUT2D eigenvalue weighted by Gasteiger charge is -2.41. The Kier molecular flexibility index (Phi) is 8.87. The molecule has 3 amide bonds. The van der Waals surface area contributed by atoms with Crippen LogP contribution in [0.5, 0.6) is 5.75 Å². The number of carbonyl (C=O) groups is 3. The molecular weight excluding hydrogens is 506 g/mol. The molecule has 214 valence electrons. The number of nitrogens with zero attached hydrogens (tertiary/aromatic N) is 3. The maximum absolute atomic E-state index is 13.5. The number of nitrogens with one attached hydrogen (secondary N) is 2. The van der Waals surface area contributed by atoms with Crippen molar-refractivity contribution in [3.05, 3.63) is 53.2 Å². The van der Waals surface area contributed by atoms with Gasteiger partial charge in [-0.2, -0.15) is 0 Å². The summed E-state index contributed by atoms with van der Waals surface area (Å²) in [6, 6.07) is 9.31. The third-order valence-corrected chi connectivity index (χ3v) is 8.53. The standard InChI is InChI=1S/C31H41N5O4/c1-23-7-8-25-26(21-23)40-20-6-14-34-30(39)31(10-2-3-13-33-28(25)37)11-18-36(19-12-31)29(38)24-9-15-32-27(22-24)35-16-4-5-17-35/h7-9,15,21-22H,2-6,10-14,16-20H2,1H3,(H,33,37)(H,34,39). The molecule has 1 aromatic carbocycles. The fraction of sp³-hybridized carbons (Fsp3) is 0.548. The van der Waals surface area contributed by atoms with E-state index < -0.39 is 5.41 Å². The molecule has 5 rings (SSSR count). The summed E-state index contributed by atoms with van der Waals surface area (Å²) in [4.78, 5) is 48.3. The Labute approximate surface area is 236 Å². The van der Waals surface area contributed by atoms with Crippen LogP contribution in [0.4, 0.5) is 5.82 Å². The first kappa shape index (κ1) is 27.9. The van der Waals surface area contributed by atoms with Crippen LogP contribution in [0.15, 0.2) is 36.5 Å². The zero-order valence-corrected chi connectivity index (χ0v) is 23.5. The fourth-order valence-electron chi connectivity index (χ4n) is 6.05. The molecule has 9 heteroatoms. The van der Waals surface area contributed by atoms with Crippen LogP contribution in [-0.4, -0.2) is 73.5 Å². The van der Waals surface area contributed by atoms with Crippen LogP contribution >= 0.6 is 0 Å². The molecule has 2 aromatic rings. The van der Waals surface area contributed by atoms with Gasteiger partial charge in [0.25, 0.3) is 11.8 Å². The predicted octanol–water partition coefficient (Wildman–Crippen LogP) is 3.71. The van der Waals surface area contributed by atoms with Crippen LogP contribution in [-0.2, 0) is 4.79 Å². The Balaban J connectivity index is 1.22. The number of ether oxygens (including phenoxy) is 1. The van der Waals surface area contributed by atoms with Crippen molar-refractivity contribution in [3.63, 3.8) is 0 Å². The van der Waals surface area contributed by atoms with Gasteiger partial charge in [-0.05, 0) is 81.7 Å². The van der Waals surface area contributed by atoms with Crippen molar-refractivity contribution in [2.24, 2.45) is 5.41 Å². The number of amides is 3. The smallest absolute Gasteiger partial charge is 0.255 e. The summed E-state index contributed by atoms with van der Waals surface area (Å²) < 4.78 is 5.95. The number of hydrogen-bond acceptors (Lipinski definition) is 6.